The quantitative estimate of drug-likeness (QED) is 0.327. The van der Waals surface area contributed by atoms with Gasteiger partial charge in [-0.15, -0.1) is 0 Å². The lowest BCUT2D eigenvalue weighted by Crippen LogP contribution is -2.57. The number of fused-ring (bicyclic) bond motifs is 2. The van der Waals surface area contributed by atoms with Gasteiger partial charge >= 0.3 is 0 Å². The van der Waals surface area contributed by atoms with Crippen molar-refractivity contribution in [2.75, 3.05) is 46.4 Å². The Balaban J connectivity index is 1.39. The van der Waals surface area contributed by atoms with Crippen molar-refractivity contribution in [1.29, 1.82) is 5.26 Å². The van der Waals surface area contributed by atoms with E-state index >= 15 is 0 Å². The molecule has 0 spiro atoms. The largest absolute Gasteiger partial charge is 0.475 e. The summed E-state index contributed by atoms with van der Waals surface area (Å²) in [7, 11) is 2.10. The number of rotatable bonds is 6. The molecule has 3 heterocycles. The minimum atomic E-state index is -0.315. The highest BCUT2D eigenvalue weighted by Crippen LogP contribution is 2.40. The van der Waals surface area contributed by atoms with Crippen molar-refractivity contribution in [1.82, 2.24) is 14.7 Å². The van der Waals surface area contributed by atoms with Crippen molar-refractivity contribution in [3.63, 3.8) is 0 Å². The topological polar surface area (TPSA) is 76.5 Å². The summed E-state index contributed by atoms with van der Waals surface area (Å²) in [5.41, 5.74) is 3.30. The molecule has 9 heteroatoms. The van der Waals surface area contributed by atoms with Crippen molar-refractivity contribution in [2.24, 2.45) is 10.9 Å². The van der Waals surface area contributed by atoms with Crippen molar-refractivity contribution in [3.8, 4) is 6.07 Å². The number of allylic oxidation sites excluding steroid dienone is 2. The maximum absolute atomic E-state index is 12.6. The first kappa shape index (κ1) is 29.7. The van der Waals surface area contributed by atoms with Crippen LogP contribution in [0.5, 0.6) is 0 Å². The third kappa shape index (κ3) is 5.52. The fourth-order valence-corrected chi connectivity index (χ4v) is 7.20. The second-order valence-electron chi connectivity index (χ2n) is 11.7. The summed E-state index contributed by atoms with van der Waals surface area (Å²) in [4.78, 5) is 27.5. The third-order valence-corrected chi connectivity index (χ3v) is 9.51. The molecule has 0 bridgehead atoms. The average molecular weight is 607 g/mol. The number of carbonyl (C=O) groups excluding carboxylic acids is 1. The molecule has 2 saturated heterocycles. The molecule has 1 aliphatic carbocycles. The molecule has 0 saturated carbocycles. The Morgan fingerprint density at radius 1 is 1.25 bits per heavy atom. The summed E-state index contributed by atoms with van der Waals surface area (Å²) in [6.07, 6.45) is 9.83. The predicted molar refractivity (Wildman–Crippen MR) is 174 cm³/mol. The predicted octanol–water partition coefficient (Wildman–Crippen LogP) is 5.35. The number of likely N-dealkylation sites (N-methyl/N-ethyl adjacent to an activating group) is 1. The van der Waals surface area contributed by atoms with Gasteiger partial charge in [0.1, 0.15) is 24.3 Å². The lowest BCUT2D eigenvalue weighted by atomic mass is 9.82. The fourth-order valence-electron chi connectivity index (χ4n) is 6.92. The molecule has 2 fully saturated rings. The van der Waals surface area contributed by atoms with Crippen LogP contribution in [0.15, 0.2) is 83.5 Å². The van der Waals surface area contributed by atoms with Crippen LogP contribution >= 0.6 is 11.6 Å². The lowest BCUT2D eigenvalue weighted by Gasteiger charge is -2.44. The number of hydrogen-bond donors (Lipinski definition) is 0. The maximum Gasteiger partial charge on any atom is 0.246 e. The van der Waals surface area contributed by atoms with E-state index in [0.29, 0.717) is 42.7 Å². The monoisotopic (exact) mass is 606 g/mol. The third-order valence-electron chi connectivity index (χ3n) is 9.20. The van der Waals surface area contributed by atoms with Gasteiger partial charge in [0.2, 0.25) is 18.3 Å². The van der Waals surface area contributed by atoms with Crippen LogP contribution in [0.3, 0.4) is 0 Å². The number of hydrogen-bond acceptors (Lipinski definition) is 6. The first-order chi connectivity index (χ1) is 21.4. The lowest BCUT2D eigenvalue weighted by molar-refractivity contribution is -0.130. The van der Waals surface area contributed by atoms with Gasteiger partial charge in [-0.05, 0) is 55.1 Å². The molecule has 1 amide bonds. The number of nitrogens with zero attached hydrogens (tertiary/aromatic N) is 6. The van der Waals surface area contributed by atoms with E-state index in [1.165, 1.54) is 6.08 Å². The van der Waals surface area contributed by atoms with E-state index in [0.717, 1.165) is 47.0 Å². The standard InChI is InChI=1S/C35H35ClN6O2/c1-4-32(43)42-17-16-41(21-26(42)20-38-2)34-28-14-13-24(27-11-5-8-23-9-6-12-30(36)33(23)27)18-31(28)39-35(29(34)19-37)44-22-25-10-7-15-40(25)3/h4-6,8-9,11-14,18,25-26,28,31H,1,7,10,15-17,20-22H2,3H3/t25-,26-,28?,31?/m0/s1. The number of amides is 1. The van der Waals surface area contributed by atoms with Crippen LogP contribution in [0.25, 0.3) is 21.2 Å². The first-order valence-electron chi connectivity index (χ1n) is 15.1. The molecule has 44 heavy (non-hydrogen) atoms. The number of halogens is 1. The molecule has 0 radical (unpaired) electrons. The molecule has 6 rings (SSSR count). The Labute approximate surface area is 263 Å². The van der Waals surface area contributed by atoms with E-state index in [1.807, 2.05) is 18.2 Å². The molecule has 8 nitrogen and oxygen atoms in total. The summed E-state index contributed by atoms with van der Waals surface area (Å²) in [5.74, 6) is -0.0210. The average Bonchev–Trinajstić information content (AvgIpc) is 3.46. The zero-order chi connectivity index (χ0) is 30.8. The molecule has 4 aliphatic rings. The van der Waals surface area contributed by atoms with Gasteiger partial charge in [0.25, 0.3) is 0 Å². The molecule has 0 N–H and O–H groups in total. The normalized spacial score (nSPS) is 25.2. The summed E-state index contributed by atoms with van der Waals surface area (Å²) in [5, 5.41) is 13.3. The van der Waals surface area contributed by atoms with Gasteiger partial charge in [-0.3, -0.25) is 4.79 Å². The Bertz CT molecular complexity index is 1690. The van der Waals surface area contributed by atoms with Crippen molar-refractivity contribution in [3.05, 3.63) is 101 Å². The smallest absolute Gasteiger partial charge is 0.246 e. The highest BCUT2D eigenvalue weighted by Gasteiger charge is 2.41. The van der Waals surface area contributed by atoms with E-state index < -0.39 is 0 Å². The molecule has 3 aliphatic heterocycles. The molecular formula is C35H35ClN6O2. The van der Waals surface area contributed by atoms with Crippen molar-refractivity contribution in [2.45, 2.75) is 31.0 Å². The Morgan fingerprint density at radius 3 is 2.80 bits per heavy atom. The second kappa shape index (κ2) is 12.7. The second-order valence-corrected chi connectivity index (χ2v) is 12.1. The van der Waals surface area contributed by atoms with Gasteiger partial charge in [-0.2, -0.15) is 5.26 Å². The van der Waals surface area contributed by atoms with Gasteiger partial charge in [-0.25, -0.2) is 11.6 Å². The highest BCUT2D eigenvalue weighted by molar-refractivity contribution is 6.36. The van der Waals surface area contributed by atoms with Gasteiger partial charge < -0.3 is 24.3 Å². The van der Waals surface area contributed by atoms with Crippen LogP contribution in [-0.2, 0) is 9.53 Å². The van der Waals surface area contributed by atoms with Crippen LogP contribution in [-0.4, -0.2) is 91.0 Å². The van der Waals surface area contributed by atoms with Gasteiger partial charge in [0, 0.05) is 47.7 Å². The first-order valence-corrected chi connectivity index (χ1v) is 15.5. The Kier molecular flexibility index (Phi) is 8.57. The molecule has 224 valence electrons. The number of carbonyl (C=O) groups is 1. The molecule has 4 atom stereocenters. The van der Waals surface area contributed by atoms with E-state index in [1.54, 1.807) is 4.90 Å². The zero-order valence-electron chi connectivity index (χ0n) is 24.8. The molecule has 0 aromatic heterocycles. The fraction of sp³-hybridized carbons (Fsp3) is 0.371. The number of benzene rings is 2. The molecule has 2 aromatic rings. The number of ether oxygens (including phenoxy) is 1. The summed E-state index contributed by atoms with van der Waals surface area (Å²) in [6.45, 7) is 14.2. The summed E-state index contributed by atoms with van der Waals surface area (Å²) >= 11 is 6.70. The summed E-state index contributed by atoms with van der Waals surface area (Å²) in [6, 6.07) is 14.2. The van der Waals surface area contributed by atoms with Crippen LogP contribution < -0.4 is 0 Å². The number of piperazine rings is 1. The van der Waals surface area contributed by atoms with Crippen molar-refractivity contribution < 1.29 is 9.53 Å². The maximum atomic E-state index is 12.6. The highest BCUT2D eigenvalue weighted by atomic mass is 35.5. The summed E-state index contributed by atoms with van der Waals surface area (Å²) < 4.78 is 6.39. The number of aliphatic imine (C=N–C) groups is 1. The number of dihydropyridines is 1. The minimum Gasteiger partial charge on any atom is -0.475 e. The van der Waals surface area contributed by atoms with Crippen LogP contribution in [0.2, 0.25) is 5.02 Å². The van der Waals surface area contributed by atoms with Gasteiger partial charge in [-0.1, -0.05) is 66.7 Å². The van der Waals surface area contributed by atoms with E-state index in [9.17, 15) is 10.1 Å². The van der Waals surface area contributed by atoms with E-state index in [2.05, 4.69) is 70.8 Å². The van der Waals surface area contributed by atoms with Gasteiger partial charge in [0.15, 0.2) is 0 Å². The van der Waals surface area contributed by atoms with Crippen molar-refractivity contribution >= 4 is 39.8 Å². The zero-order valence-corrected chi connectivity index (χ0v) is 25.6. The number of likely N-dealkylation sites (tertiary alicyclic amines) is 1. The van der Waals surface area contributed by atoms with Crippen LogP contribution in [0, 0.1) is 23.8 Å². The van der Waals surface area contributed by atoms with E-state index in [-0.39, 0.29) is 36.5 Å². The molecule has 2 unspecified atom stereocenters. The van der Waals surface area contributed by atoms with E-state index in [4.69, 9.17) is 27.9 Å². The Morgan fingerprint density at radius 2 is 2.07 bits per heavy atom. The SMILES string of the molecule is [C-]#[N+]C[C@H]1CN(C2=C(C#N)C(OC[C@@H]3CCCN3C)=NC3C=C(c4cccc5cccc(Cl)c45)C=CC23)CCN1C(=O)C=C. The number of nitriles is 1. The van der Waals surface area contributed by atoms with Crippen LogP contribution in [0.4, 0.5) is 0 Å². The van der Waals surface area contributed by atoms with Crippen LogP contribution in [0.1, 0.15) is 18.4 Å². The Hall–Kier alpha value is -4.37. The molecule has 2 aromatic carbocycles. The molecular weight excluding hydrogens is 572 g/mol. The van der Waals surface area contributed by atoms with Gasteiger partial charge in [0.05, 0.1) is 6.04 Å². The minimum absolute atomic E-state index is 0.173.